The predicted octanol–water partition coefficient (Wildman–Crippen LogP) is 2.45. The van der Waals surface area contributed by atoms with Gasteiger partial charge < -0.3 is 9.15 Å². The Morgan fingerprint density at radius 3 is 2.83 bits per heavy atom. The van der Waals surface area contributed by atoms with Crippen molar-refractivity contribution in [3.05, 3.63) is 17.8 Å². The highest BCUT2D eigenvalue weighted by molar-refractivity contribution is 9.08. The molecule has 1 rings (SSSR count). The molecule has 1 aromatic rings. The summed E-state index contributed by atoms with van der Waals surface area (Å²) in [6.45, 7) is 3.89. The number of rotatable bonds is 3. The summed E-state index contributed by atoms with van der Waals surface area (Å²) in [5.41, 5.74) is 0.487. The maximum Gasteiger partial charge on any atom is 0.181 e. The Kier molecular flexibility index (Phi) is 2.90. The van der Waals surface area contributed by atoms with Crippen LogP contribution in [0.4, 0.5) is 0 Å². The zero-order valence-electron chi connectivity index (χ0n) is 7.43. The molecule has 3 nitrogen and oxygen atoms in total. The van der Waals surface area contributed by atoms with E-state index in [1.807, 2.05) is 13.8 Å². The molecular weight excluding hydrogens is 222 g/mol. The van der Waals surface area contributed by atoms with Gasteiger partial charge in [0.15, 0.2) is 12.2 Å². The molecule has 4 heteroatoms. The Morgan fingerprint density at radius 1 is 1.67 bits per heavy atom. The summed E-state index contributed by atoms with van der Waals surface area (Å²) in [6.07, 6.45) is 1.44. The summed E-state index contributed by atoms with van der Waals surface area (Å²) in [6, 6.07) is 0. The second-order valence-electron chi connectivity index (χ2n) is 2.98. The molecule has 0 bridgehead atoms. The van der Waals surface area contributed by atoms with Crippen LogP contribution < -0.4 is 0 Å². The SMILES string of the molecule is COC(C)(C)c1ocnc1CBr. The number of ether oxygens (including phenoxy) is 1. The smallest absolute Gasteiger partial charge is 0.181 e. The second kappa shape index (κ2) is 3.58. The summed E-state index contributed by atoms with van der Waals surface area (Å²) >= 11 is 3.33. The molecule has 0 atom stereocenters. The summed E-state index contributed by atoms with van der Waals surface area (Å²) in [7, 11) is 1.65. The van der Waals surface area contributed by atoms with Gasteiger partial charge in [-0.25, -0.2) is 4.98 Å². The lowest BCUT2D eigenvalue weighted by molar-refractivity contribution is 0.000223. The van der Waals surface area contributed by atoms with Gasteiger partial charge in [0.1, 0.15) is 5.60 Å². The number of aromatic nitrogens is 1. The second-order valence-corrected chi connectivity index (χ2v) is 3.54. The van der Waals surface area contributed by atoms with Crippen LogP contribution in [0.3, 0.4) is 0 Å². The van der Waals surface area contributed by atoms with Crippen LogP contribution in [0.15, 0.2) is 10.8 Å². The number of nitrogens with zero attached hydrogens (tertiary/aromatic N) is 1. The molecule has 12 heavy (non-hydrogen) atoms. The fourth-order valence-corrected chi connectivity index (χ4v) is 1.35. The number of hydrogen-bond acceptors (Lipinski definition) is 3. The maximum atomic E-state index is 5.27. The highest BCUT2D eigenvalue weighted by Gasteiger charge is 2.27. The van der Waals surface area contributed by atoms with Gasteiger partial charge >= 0.3 is 0 Å². The number of halogens is 1. The van der Waals surface area contributed by atoms with Crippen LogP contribution in [-0.2, 0) is 15.7 Å². The average molecular weight is 234 g/mol. The Bertz CT molecular complexity index is 257. The fraction of sp³-hybridized carbons (Fsp3) is 0.625. The highest BCUT2D eigenvalue weighted by atomic mass is 79.9. The Morgan fingerprint density at radius 2 is 2.33 bits per heavy atom. The van der Waals surface area contributed by atoms with Crippen molar-refractivity contribution in [2.45, 2.75) is 24.8 Å². The largest absolute Gasteiger partial charge is 0.445 e. The van der Waals surface area contributed by atoms with Crippen LogP contribution in [-0.4, -0.2) is 12.1 Å². The lowest BCUT2D eigenvalue weighted by atomic mass is 10.1. The number of oxazole rings is 1. The summed E-state index contributed by atoms with van der Waals surface area (Å²) in [5, 5.41) is 0.686. The minimum Gasteiger partial charge on any atom is -0.445 e. The lowest BCUT2D eigenvalue weighted by Gasteiger charge is -2.20. The van der Waals surface area contributed by atoms with Crippen LogP contribution in [0.5, 0.6) is 0 Å². The van der Waals surface area contributed by atoms with Gasteiger partial charge in [-0.05, 0) is 13.8 Å². The van der Waals surface area contributed by atoms with E-state index in [2.05, 4.69) is 20.9 Å². The molecule has 0 saturated carbocycles. The number of alkyl halides is 1. The topological polar surface area (TPSA) is 35.3 Å². The van der Waals surface area contributed by atoms with Gasteiger partial charge in [-0.1, -0.05) is 15.9 Å². The molecule has 0 fully saturated rings. The molecule has 1 aromatic heterocycles. The van der Waals surface area contributed by atoms with Crippen molar-refractivity contribution in [3.8, 4) is 0 Å². The molecule has 0 radical (unpaired) electrons. The van der Waals surface area contributed by atoms with E-state index >= 15 is 0 Å². The molecule has 0 spiro atoms. The van der Waals surface area contributed by atoms with Gasteiger partial charge in [0.2, 0.25) is 0 Å². The highest BCUT2D eigenvalue weighted by Crippen LogP contribution is 2.27. The van der Waals surface area contributed by atoms with E-state index < -0.39 is 5.60 Å². The molecule has 1 heterocycles. The minimum atomic E-state index is -0.403. The first kappa shape index (κ1) is 9.74. The van der Waals surface area contributed by atoms with E-state index in [-0.39, 0.29) is 0 Å². The maximum absolute atomic E-state index is 5.27. The summed E-state index contributed by atoms with van der Waals surface area (Å²) in [5.74, 6) is 0.780. The van der Waals surface area contributed by atoms with Crippen molar-refractivity contribution in [2.24, 2.45) is 0 Å². The van der Waals surface area contributed by atoms with E-state index in [0.29, 0.717) is 5.33 Å². The summed E-state index contributed by atoms with van der Waals surface area (Å²) < 4.78 is 10.5. The molecule has 0 aliphatic carbocycles. The van der Waals surface area contributed by atoms with E-state index in [4.69, 9.17) is 9.15 Å². The minimum absolute atomic E-state index is 0.403. The molecule has 0 aromatic carbocycles. The molecule has 0 unspecified atom stereocenters. The van der Waals surface area contributed by atoms with Gasteiger partial charge in [-0.15, -0.1) is 0 Å². The fourth-order valence-electron chi connectivity index (χ4n) is 0.947. The van der Waals surface area contributed by atoms with E-state index in [0.717, 1.165) is 11.5 Å². The van der Waals surface area contributed by atoms with Crippen LogP contribution >= 0.6 is 15.9 Å². The first-order valence-electron chi connectivity index (χ1n) is 3.65. The normalized spacial score (nSPS) is 12.0. The molecule has 0 amide bonds. The molecular formula is C8H12BrNO2. The van der Waals surface area contributed by atoms with Crippen molar-refractivity contribution in [1.82, 2.24) is 4.98 Å². The average Bonchev–Trinajstić information content (AvgIpc) is 2.52. The Hall–Kier alpha value is -0.350. The van der Waals surface area contributed by atoms with Crippen LogP contribution in [0.1, 0.15) is 25.3 Å². The van der Waals surface area contributed by atoms with Crippen molar-refractivity contribution >= 4 is 15.9 Å². The van der Waals surface area contributed by atoms with E-state index in [9.17, 15) is 0 Å². The Labute approximate surface area is 80.3 Å². The van der Waals surface area contributed by atoms with Gasteiger partial charge in [0, 0.05) is 12.4 Å². The summed E-state index contributed by atoms with van der Waals surface area (Å²) in [4.78, 5) is 4.06. The van der Waals surface area contributed by atoms with Gasteiger partial charge in [-0.2, -0.15) is 0 Å². The van der Waals surface area contributed by atoms with Crippen LogP contribution in [0.25, 0.3) is 0 Å². The van der Waals surface area contributed by atoms with Crippen LogP contribution in [0.2, 0.25) is 0 Å². The van der Waals surface area contributed by atoms with Gasteiger partial charge in [-0.3, -0.25) is 0 Å². The molecule has 0 N–H and O–H groups in total. The van der Waals surface area contributed by atoms with Crippen molar-refractivity contribution in [2.75, 3.05) is 7.11 Å². The molecule has 0 aliphatic rings. The standard InChI is InChI=1S/C8H12BrNO2/c1-8(2,11-3)7-6(4-9)10-5-12-7/h5H,4H2,1-3H3. The first-order chi connectivity index (χ1) is 5.61. The number of hydrogen-bond donors (Lipinski definition) is 0. The quantitative estimate of drug-likeness (QED) is 0.753. The zero-order chi connectivity index (χ0) is 9.19. The lowest BCUT2D eigenvalue weighted by Crippen LogP contribution is -2.20. The third kappa shape index (κ3) is 1.69. The zero-order valence-corrected chi connectivity index (χ0v) is 9.01. The van der Waals surface area contributed by atoms with Crippen LogP contribution in [0, 0.1) is 0 Å². The van der Waals surface area contributed by atoms with Crippen molar-refractivity contribution in [1.29, 1.82) is 0 Å². The third-order valence-corrected chi connectivity index (χ3v) is 2.36. The van der Waals surface area contributed by atoms with E-state index in [1.54, 1.807) is 7.11 Å². The molecule has 0 saturated heterocycles. The van der Waals surface area contributed by atoms with E-state index in [1.165, 1.54) is 6.39 Å². The molecule has 68 valence electrons. The van der Waals surface area contributed by atoms with Gasteiger partial charge in [0.05, 0.1) is 5.69 Å². The first-order valence-corrected chi connectivity index (χ1v) is 4.78. The predicted molar refractivity (Wildman–Crippen MR) is 49.2 cm³/mol. The van der Waals surface area contributed by atoms with Gasteiger partial charge in [0.25, 0.3) is 0 Å². The third-order valence-electron chi connectivity index (χ3n) is 1.82. The monoisotopic (exact) mass is 233 g/mol. The molecule has 0 aliphatic heterocycles. The van der Waals surface area contributed by atoms with Crippen molar-refractivity contribution in [3.63, 3.8) is 0 Å². The van der Waals surface area contributed by atoms with Crippen molar-refractivity contribution < 1.29 is 9.15 Å². The number of methoxy groups -OCH3 is 1. The Balaban J connectivity index is 3.00.